The molecule has 1 heterocycles. The molecule has 0 saturated heterocycles. The number of halogens is 1. The SMILES string of the molecule is Cc1ccc(Cn2nc(C)c(/C=N\NC(=O)c3cccc(O)c3)c2Cl)cc1. The van der Waals surface area contributed by atoms with Crippen LogP contribution in [0.15, 0.2) is 53.6 Å². The van der Waals surface area contributed by atoms with Gasteiger partial charge in [-0.2, -0.15) is 10.2 Å². The van der Waals surface area contributed by atoms with E-state index >= 15 is 0 Å². The number of hydrogen-bond acceptors (Lipinski definition) is 4. The summed E-state index contributed by atoms with van der Waals surface area (Å²) in [6.07, 6.45) is 1.47. The molecule has 1 aromatic heterocycles. The average Bonchev–Trinajstić information content (AvgIpc) is 2.91. The molecule has 0 aliphatic heterocycles. The van der Waals surface area contributed by atoms with Crippen LogP contribution in [0.1, 0.15) is 32.7 Å². The summed E-state index contributed by atoms with van der Waals surface area (Å²) in [5.74, 6) is -0.411. The van der Waals surface area contributed by atoms with Crippen molar-refractivity contribution in [2.24, 2.45) is 5.10 Å². The summed E-state index contributed by atoms with van der Waals surface area (Å²) in [6.45, 7) is 4.41. The summed E-state index contributed by atoms with van der Waals surface area (Å²) in [5.41, 5.74) is 6.36. The number of carbonyl (C=O) groups is 1. The zero-order valence-corrected chi connectivity index (χ0v) is 15.7. The molecule has 0 fully saturated rings. The van der Waals surface area contributed by atoms with Gasteiger partial charge in [-0.1, -0.05) is 47.5 Å². The Labute approximate surface area is 162 Å². The molecule has 6 nitrogen and oxygen atoms in total. The van der Waals surface area contributed by atoms with Crippen molar-refractivity contribution in [3.05, 3.63) is 81.6 Å². The van der Waals surface area contributed by atoms with E-state index in [-0.39, 0.29) is 5.75 Å². The highest BCUT2D eigenvalue weighted by Crippen LogP contribution is 2.19. The number of nitrogens with one attached hydrogen (secondary N) is 1. The molecule has 0 bridgehead atoms. The highest BCUT2D eigenvalue weighted by molar-refractivity contribution is 6.32. The summed E-state index contributed by atoms with van der Waals surface area (Å²) in [6, 6.07) is 14.2. The van der Waals surface area contributed by atoms with Crippen molar-refractivity contribution in [1.82, 2.24) is 15.2 Å². The summed E-state index contributed by atoms with van der Waals surface area (Å²) in [4.78, 5) is 12.0. The molecule has 2 N–H and O–H groups in total. The maximum absolute atomic E-state index is 12.0. The molecule has 3 rings (SSSR count). The molecule has 2 aromatic carbocycles. The number of nitrogens with zero attached hydrogens (tertiary/aromatic N) is 3. The van der Waals surface area contributed by atoms with Crippen molar-refractivity contribution in [3.63, 3.8) is 0 Å². The van der Waals surface area contributed by atoms with Crippen molar-refractivity contribution >= 4 is 23.7 Å². The molecule has 0 saturated carbocycles. The highest BCUT2D eigenvalue weighted by Gasteiger charge is 2.12. The van der Waals surface area contributed by atoms with Gasteiger partial charge in [0.15, 0.2) is 0 Å². The fourth-order valence-electron chi connectivity index (χ4n) is 2.55. The zero-order chi connectivity index (χ0) is 19.4. The second kappa shape index (κ2) is 8.05. The standard InChI is InChI=1S/C20H19ClN4O2/c1-13-6-8-15(9-7-13)12-25-19(21)18(14(2)24-25)11-22-23-20(27)16-4-3-5-17(26)10-16/h3-11,26H,12H2,1-2H3,(H,23,27)/b22-11-. The molecule has 0 radical (unpaired) electrons. The first-order valence-electron chi connectivity index (χ1n) is 8.35. The Morgan fingerprint density at radius 2 is 2.00 bits per heavy atom. The van der Waals surface area contributed by atoms with Gasteiger partial charge in [0.2, 0.25) is 0 Å². The minimum Gasteiger partial charge on any atom is -0.508 e. The minimum absolute atomic E-state index is 0.0166. The van der Waals surface area contributed by atoms with Gasteiger partial charge in [0.05, 0.1) is 24.0 Å². The Bertz CT molecular complexity index is 994. The van der Waals surface area contributed by atoms with Gasteiger partial charge < -0.3 is 5.11 Å². The fraction of sp³-hybridized carbons (Fsp3) is 0.150. The van der Waals surface area contributed by atoms with Crippen molar-refractivity contribution in [3.8, 4) is 5.75 Å². The topological polar surface area (TPSA) is 79.5 Å². The molecule has 7 heteroatoms. The number of amides is 1. The molecular weight excluding hydrogens is 364 g/mol. The van der Waals surface area contributed by atoms with E-state index in [0.29, 0.717) is 28.5 Å². The summed E-state index contributed by atoms with van der Waals surface area (Å²) in [7, 11) is 0. The first-order chi connectivity index (χ1) is 12.9. The van der Waals surface area contributed by atoms with Gasteiger partial charge in [-0.05, 0) is 37.6 Å². The van der Waals surface area contributed by atoms with Crippen LogP contribution in [-0.2, 0) is 6.54 Å². The number of aromatic nitrogens is 2. The number of rotatable bonds is 5. The Balaban J connectivity index is 1.71. The predicted octanol–water partition coefficient (Wildman–Crippen LogP) is 3.67. The van der Waals surface area contributed by atoms with E-state index in [4.69, 9.17) is 11.6 Å². The van der Waals surface area contributed by atoms with Crippen LogP contribution in [0.4, 0.5) is 0 Å². The normalized spacial score (nSPS) is 11.1. The minimum atomic E-state index is -0.428. The summed E-state index contributed by atoms with van der Waals surface area (Å²) < 4.78 is 1.69. The van der Waals surface area contributed by atoms with Crippen LogP contribution in [0.25, 0.3) is 0 Å². The lowest BCUT2D eigenvalue weighted by Crippen LogP contribution is -2.17. The van der Waals surface area contributed by atoms with Gasteiger partial charge in [-0.15, -0.1) is 0 Å². The molecule has 27 heavy (non-hydrogen) atoms. The maximum atomic E-state index is 12.0. The molecule has 1 amide bonds. The molecule has 0 aliphatic rings. The molecule has 0 aliphatic carbocycles. The number of aryl methyl sites for hydroxylation is 2. The third-order valence-electron chi connectivity index (χ3n) is 4.03. The molecule has 0 unspecified atom stereocenters. The summed E-state index contributed by atoms with van der Waals surface area (Å²) >= 11 is 6.43. The predicted molar refractivity (Wildman–Crippen MR) is 105 cm³/mol. The largest absolute Gasteiger partial charge is 0.508 e. The lowest BCUT2D eigenvalue weighted by molar-refractivity contribution is 0.0954. The molecular formula is C20H19ClN4O2. The lowest BCUT2D eigenvalue weighted by Gasteiger charge is -2.04. The number of benzene rings is 2. The Morgan fingerprint density at radius 3 is 2.70 bits per heavy atom. The second-order valence-electron chi connectivity index (χ2n) is 6.18. The monoisotopic (exact) mass is 382 g/mol. The Kier molecular flexibility index (Phi) is 5.57. The van der Waals surface area contributed by atoms with Gasteiger partial charge in [0.1, 0.15) is 10.9 Å². The number of hydrazone groups is 1. The van der Waals surface area contributed by atoms with E-state index in [1.165, 1.54) is 23.9 Å². The van der Waals surface area contributed by atoms with Crippen LogP contribution in [-0.4, -0.2) is 27.0 Å². The van der Waals surface area contributed by atoms with Crippen molar-refractivity contribution in [1.29, 1.82) is 0 Å². The quantitative estimate of drug-likeness (QED) is 0.522. The fourth-order valence-corrected chi connectivity index (χ4v) is 2.84. The van der Waals surface area contributed by atoms with Crippen LogP contribution in [0, 0.1) is 13.8 Å². The van der Waals surface area contributed by atoms with E-state index in [1.807, 2.05) is 38.1 Å². The number of hydrogen-bond donors (Lipinski definition) is 2. The van der Waals surface area contributed by atoms with Crippen LogP contribution in [0.5, 0.6) is 5.75 Å². The van der Waals surface area contributed by atoms with Crippen molar-refractivity contribution in [2.45, 2.75) is 20.4 Å². The number of phenolic OH excluding ortho intramolecular Hbond substituents is 1. The number of phenols is 1. The third-order valence-corrected chi connectivity index (χ3v) is 4.43. The number of carbonyl (C=O) groups excluding carboxylic acids is 1. The van der Waals surface area contributed by atoms with E-state index in [0.717, 1.165) is 5.56 Å². The number of aromatic hydroxyl groups is 1. The van der Waals surface area contributed by atoms with Crippen LogP contribution < -0.4 is 5.43 Å². The zero-order valence-electron chi connectivity index (χ0n) is 15.0. The van der Waals surface area contributed by atoms with Crippen LogP contribution in [0.3, 0.4) is 0 Å². The van der Waals surface area contributed by atoms with Gasteiger partial charge in [-0.25, -0.2) is 10.1 Å². The third kappa shape index (κ3) is 4.54. The van der Waals surface area contributed by atoms with Crippen LogP contribution >= 0.6 is 11.6 Å². The smallest absolute Gasteiger partial charge is 0.271 e. The van der Waals surface area contributed by atoms with Crippen molar-refractivity contribution in [2.75, 3.05) is 0 Å². The molecule has 138 valence electrons. The average molecular weight is 383 g/mol. The van der Waals surface area contributed by atoms with E-state index in [1.54, 1.807) is 16.8 Å². The molecule has 0 spiro atoms. The van der Waals surface area contributed by atoms with Crippen molar-refractivity contribution < 1.29 is 9.90 Å². The second-order valence-corrected chi connectivity index (χ2v) is 6.54. The van der Waals surface area contributed by atoms with Gasteiger partial charge >= 0.3 is 0 Å². The van der Waals surface area contributed by atoms with Gasteiger partial charge in [0, 0.05) is 5.56 Å². The molecule has 3 aromatic rings. The van der Waals surface area contributed by atoms with Gasteiger partial charge in [-0.3, -0.25) is 4.79 Å². The highest BCUT2D eigenvalue weighted by atomic mass is 35.5. The van der Waals surface area contributed by atoms with E-state index in [9.17, 15) is 9.90 Å². The van der Waals surface area contributed by atoms with Gasteiger partial charge in [0.25, 0.3) is 5.91 Å². The van der Waals surface area contributed by atoms with E-state index < -0.39 is 5.91 Å². The Morgan fingerprint density at radius 1 is 1.26 bits per heavy atom. The molecule has 0 atom stereocenters. The lowest BCUT2D eigenvalue weighted by atomic mass is 10.1. The van der Waals surface area contributed by atoms with E-state index in [2.05, 4.69) is 15.6 Å². The summed E-state index contributed by atoms with van der Waals surface area (Å²) in [5, 5.41) is 18.3. The first-order valence-corrected chi connectivity index (χ1v) is 8.72. The van der Waals surface area contributed by atoms with Crippen LogP contribution in [0.2, 0.25) is 5.15 Å². The Hall–Kier alpha value is -3.12. The first kappa shape index (κ1) is 18.7. The maximum Gasteiger partial charge on any atom is 0.271 e.